The highest BCUT2D eigenvalue weighted by atomic mass is 32.1. The molecule has 0 bridgehead atoms. The summed E-state index contributed by atoms with van der Waals surface area (Å²) in [5.41, 5.74) is 10.2. The fraction of sp³-hybridized carbons (Fsp3) is 0.400. The Balaban J connectivity index is 0.00000132. The zero-order valence-electron chi connectivity index (χ0n) is 18.5. The maximum absolute atomic E-state index is 9.87. The summed E-state index contributed by atoms with van der Waals surface area (Å²) in [6.07, 6.45) is 5.63. The molecule has 164 valence electrons. The van der Waals surface area contributed by atoms with Gasteiger partial charge in [0.1, 0.15) is 18.4 Å². The van der Waals surface area contributed by atoms with Gasteiger partial charge in [-0.3, -0.25) is 4.90 Å². The molecule has 2 N–H and O–H groups in total. The van der Waals surface area contributed by atoms with E-state index in [-0.39, 0.29) is 0 Å². The first-order chi connectivity index (χ1) is 15.2. The van der Waals surface area contributed by atoms with Crippen LogP contribution in [0.4, 0.5) is 5.69 Å². The van der Waals surface area contributed by atoms with E-state index in [1.165, 1.54) is 32.4 Å². The molecule has 1 aliphatic rings. The Morgan fingerprint density at radius 1 is 1.06 bits per heavy atom. The van der Waals surface area contributed by atoms with Crippen molar-refractivity contribution in [2.45, 2.75) is 32.7 Å². The first-order valence-corrected chi connectivity index (χ1v) is 11.8. The average Bonchev–Trinajstić information content (AvgIpc) is 3.14. The van der Waals surface area contributed by atoms with E-state index < -0.39 is 0 Å². The quantitative estimate of drug-likeness (QED) is 0.412. The summed E-state index contributed by atoms with van der Waals surface area (Å²) in [5.74, 6) is 0.857. The van der Waals surface area contributed by atoms with Crippen LogP contribution in [-0.2, 0) is 6.54 Å². The fourth-order valence-corrected chi connectivity index (χ4v) is 4.28. The maximum atomic E-state index is 9.87. The molecule has 0 radical (unpaired) electrons. The maximum Gasteiger partial charge on any atom is 0.121 e. The third-order valence-electron chi connectivity index (χ3n) is 5.77. The van der Waals surface area contributed by atoms with Gasteiger partial charge in [-0.25, -0.2) is 0 Å². The fourth-order valence-electron chi connectivity index (χ4n) is 4.28. The Morgan fingerprint density at radius 2 is 1.77 bits per heavy atom. The van der Waals surface area contributed by atoms with E-state index in [0.717, 1.165) is 46.7 Å². The Bertz CT molecular complexity index is 1030. The third-order valence-corrected chi connectivity index (χ3v) is 5.77. The van der Waals surface area contributed by atoms with Crippen molar-refractivity contribution >= 4 is 29.2 Å². The molecule has 1 saturated heterocycles. The number of piperidine rings is 1. The van der Waals surface area contributed by atoms with Crippen molar-refractivity contribution in [3.05, 3.63) is 48.0 Å². The second kappa shape index (κ2) is 11.1. The number of aryl methyl sites for hydroxylation is 1. The second-order valence-electron chi connectivity index (χ2n) is 7.63. The number of likely N-dealkylation sites (tertiary alicyclic amines) is 1. The van der Waals surface area contributed by atoms with Crippen LogP contribution in [0.2, 0.25) is 0 Å². The number of hydrogen-bond acceptors (Lipinski definition) is 5. The lowest BCUT2D eigenvalue weighted by Crippen LogP contribution is -2.33. The molecule has 0 spiro atoms. The number of nitrogens with zero attached hydrogens (tertiary/aromatic N) is 3. The lowest BCUT2D eigenvalue weighted by Gasteiger charge is -2.26. The number of nitrogens with two attached hydrogens (primary N) is 1. The number of aromatic nitrogens is 1. The van der Waals surface area contributed by atoms with Gasteiger partial charge in [-0.2, -0.15) is 17.9 Å². The van der Waals surface area contributed by atoms with Crippen LogP contribution in [-0.4, -0.2) is 42.0 Å². The van der Waals surface area contributed by atoms with E-state index in [9.17, 15) is 5.26 Å². The molecule has 0 atom stereocenters. The van der Waals surface area contributed by atoms with Crippen LogP contribution in [0.15, 0.2) is 42.5 Å². The molecule has 1 aromatic heterocycles. The Labute approximate surface area is 190 Å². The molecule has 0 unspecified atom stereocenters. The smallest absolute Gasteiger partial charge is 0.121 e. The molecule has 0 saturated carbocycles. The lowest BCUT2D eigenvalue weighted by atomic mass is 10.1. The first-order valence-electron chi connectivity index (χ1n) is 10.9. The largest absolute Gasteiger partial charge is 0.492 e. The van der Waals surface area contributed by atoms with Crippen LogP contribution in [0.3, 0.4) is 0 Å². The normalized spacial score (nSPS) is 14.0. The van der Waals surface area contributed by atoms with E-state index in [0.29, 0.717) is 12.2 Å². The van der Waals surface area contributed by atoms with Crippen molar-refractivity contribution < 1.29 is 4.74 Å². The van der Waals surface area contributed by atoms with Gasteiger partial charge in [-0.1, -0.05) is 18.6 Å². The Kier molecular flexibility index (Phi) is 8.27. The predicted molar refractivity (Wildman–Crippen MR) is 133 cm³/mol. The third kappa shape index (κ3) is 5.17. The molecule has 2 aromatic carbocycles. The monoisotopic (exact) mass is 436 g/mol. The van der Waals surface area contributed by atoms with Gasteiger partial charge in [0.2, 0.25) is 0 Å². The minimum absolute atomic E-state index is 0.689. The summed E-state index contributed by atoms with van der Waals surface area (Å²) in [6, 6.07) is 16.2. The molecule has 4 rings (SSSR count). The molecular weight excluding hydrogens is 404 g/mol. The number of rotatable bonds is 6. The number of ether oxygens (including phenoxy) is 1. The molecule has 0 aliphatic carbocycles. The molecule has 0 amide bonds. The van der Waals surface area contributed by atoms with Gasteiger partial charge in [0.05, 0.1) is 16.8 Å². The Hall–Kier alpha value is -2.62. The highest BCUT2D eigenvalue weighted by molar-refractivity contribution is 7.79. The standard InChI is InChI=1S/C24H28N4O.CH4S/c1-2-28-23-16-20(29-15-14-27-12-4-3-5-13-27)10-11-21(23)22(17-25)24(28)18-6-8-19(26)9-7-18;1-2/h6-11,16H,2-5,12-15,26H2,1H3;2H,1H3. The highest BCUT2D eigenvalue weighted by Crippen LogP contribution is 2.35. The molecule has 1 fully saturated rings. The second-order valence-corrected chi connectivity index (χ2v) is 7.63. The van der Waals surface area contributed by atoms with E-state index in [1.807, 2.05) is 36.4 Å². The van der Waals surface area contributed by atoms with Crippen molar-refractivity contribution in [1.82, 2.24) is 9.47 Å². The van der Waals surface area contributed by atoms with Crippen LogP contribution >= 0.6 is 12.6 Å². The number of nitriles is 1. The van der Waals surface area contributed by atoms with E-state index in [1.54, 1.807) is 6.26 Å². The number of fused-ring (bicyclic) bond motifs is 1. The minimum Gasteiger partial charge on any atom is -0.492 e. The topological polar surface area (TPSA) is 67.2 Å². The zero-order chi connectivity index (χ0) is 22.2. The number of thiol groups is 1. The minimum atomic E-state index is 0.689. The molecule has 2 heterocycles. The summed E-state index contributed by atoms with van der Waals surface area (Å²) in [5, 5.41) is 10.8. The van der Waals surface area contributed by atoms with Crippen molar-refractivity contribution in [2.24, 2.45) is 0 Å². The van der Waals surface area contributed by atoms with Crippen molar-refractivity contribution in [2.75, 3.05) is 38.2 Å². The van der Waals surface area contributed by atoms with Gasteiger partial charge in [-0.15, -0.1) is 0 Å². The van der Waals surface area contributed by atoms with Crippen molar-refractivity contribution in [3.8, 4) is 23.1 Å². The Morgan fingerprint density at radius 3 is 2.42 bits per heavy atom. The van der Waals surface area contributed by atoms with E-state index in [4.69, 9.17) is 10.5 Å². The van der Waals surface area contributed by atoms with Crippen LogP contribution < -0.4 is 10.5 Å². The molecular formula is C25H32N4OS. The SMILES string of the molecule is CCn1c(-c2ccc(N)cc2)c(C#N)c2ccc(OCCN3CCCCC3)cc21.CS. The number of nitrogen functional groups attached to an aromatic ring is 1. The number of benzene rings is 2. The summed E-state index contributed by atoms with van der Waals surface area (Å²) < 4.78 is 8.26. The first kappa shape index (κ1) is 23.1. The van der Waals surface area contributed by atoms with E-state index >= 15 is 0 Å². The van der Waals surface area contributed by atoms with Gasteiger partial charge in [0, 0.05) is 30.2 Å². The zero-order valence-corrected chi connectivity index (χ0v) is 19.4. The van der Waals surface area contributed by atoms with Gasteiger partial charge in [-0.05, 0) is 68.9 Å². The van der Waals surface area contributed by atoms with Crippen LogP contribution in [0.1, 0.15) is 31.7 Å². The van der Waals surface area contributed by atoms with Crippen LogP contribution in [0, 0.1) is 11.3 Å². The summed E-state index contributed by atoms with van der Waals surface area (Å²) >= 11 is 3.53. The van der Waals surface area contributed by atoms with Crippen molar-refractivity contribution in [1.29, 1.82) is 5.26 Å². The number of anilines is 1. The van der Waals surface area contributed by atoms with Crippen LogP contribution in [0.5, 0.6) is 5.75 Å². The summed E-state index contributed by atoms with van der Waals surface area (Å²) in [7, 11) is 0. The number of hydrogen-bond donors (Lipinski definition) is 2. The van der Waals surface area contributed by atoms with Gasteiger partial charge < -0.3 is 15.0 Å². The lowest BCUT2D eigenvalue weighted by molar-refractivity contribution is 0.183. The van der Waals surface area contributed by atoms with E-state index in [2.05, 4.69) is 41.2 Å². The average molecular weight is 437 g/mol. The highest BCUT2D eigenvalue weighted by Gasteiger charge is 2.18. The molecule has 5 nitrogen and oxygen atoms in total. The molecule has 1 aliphatic heterocycles. The predicted octanol–water partition coefficient (Wildman–Crippen LogP) is 5.19. The molecule has 31 heavy (non-hydrogen) atoms. The summed E-state index contributed by atoms with van der Waals surface area (Å²) in [4.78, 5) is 2.48. The molecule has 3 aromatic rings. The van der Waals surface area contributed by atoms with Gasteiger partial charge in [0.25, 0.3) is 0 Å². The van der Waals surface area contributed by atoms with Gasteiger partial charge >= 0.3 is 0 Å². The van der Waals surface area contributed by atoms with Crippen molar-refractivity contribution in [3.63, 3.8) is 0 Å². The van der Waals surface area contributed by atoms with Gasteiger partial charge in [0.15, 0.2) is 0 Å². The molecule has 6 heteroatoms. The van der Waals surface area contributed by atoms with Crippen LogP contribution in [0.25, 0.3) is 22.2 Å². The summed E-state index contributed by atoms with van der Waals surface area (Å²) in [6.45, 7) is 6.89.